The average Bonchev–Trinajstić information content (AvgIpc) is 2.47. The summed E-state index contributed by atoms with van der Waals surface area (Å²) in [4.78, 5) is 22.5. The van der Waals surface area contributed by atoms with Crippen LogP contribution >= 0.6 is 0 Å². The van der Waals surface area contributed by atoms with E-state index in [0.29, 0.717) is 0 Å². The fourth-order valence-electron chi connectivity index (χ4n) is 1.71. The van der Waals surface area contributed by atoms with E-state index in [4.69, 9.17) is 5.73 Å². The van der Waals surface area contributed by atoms with Gasteiger partial charge < -0.3 is 11.1 Å². The minimum Gasteiger partial charge on any atom is -0.351 e. The molecular formula is C14H13N3O4S. The first kappa shape index (κ1) is 15.5. The zero-order chi connectivity index (χ0) is 16.2. The van der Waals surface area contributed by atoms with Crippen molar-refractivity contribution in [2.75, 3.05) is 5.32 Å². The van der Waals surface area contributed by atoms with Crippen LogP contribution in [-0.4, -0.2) is 20.4 Å². The van der Waals surface area contributed by atoms with Crippen LogP contribution in [0, 0.1) is 0 Å². The topological polar surface area (TPSA) is 118 Å². The number of amides is 3. The van der Waals surface area contributed by atoms with Gasteiger partial charge in [0, 0.05) is 11.3 Å². The van der Waals surface area contributed by atoms with Crippen LogP contribution in [0.15, 0.2) is 59.5 Å². The van der Waals surface area contributed by atoms with E-state index in [1.54, 1.807) is 18.2 Å². The number of carbonyl (C=O) groups excluding carboxylic acids is 2. The van der Waals surface area contributed by atoms with E-state index >= 15 is 0 Å². The Morgan fingerprint density at radius 1 is 0.955 bits per heavy atom. The Morgan fingerprint density at radius 3 is 2.27 bits per heavy atom. The molecule has 0 radical (unpaired) electrons. The molecule has 0 saturated heterocycles. The fourth-order valence-corrected chi connectivity index (χ4v) is 2.73. The molecule has 0 spiro atoms. The number of carbonyl (C=O) groups is 2. The smallest absolute Gasteiger partial charge is 0.316 e. The molecule has 0 aliphatic carbocycles. The minimum absolute atomic E-state index is 0.164. The molecule has 0 aromatic heterocycles. The molecule has 0 aliphatic rings. The second-order valence-corrected chi connectivity index (χ2v) is 6.00. The maximum Gasteiger partial charge on any atom is 0.316 e. The number of benzene rings is 2. The summed E-state index contributed by atoms with van der Waals surface area (Å²) >= 11 is 0. The molecule has 0 heterocycles. The number of anilines is 1. The van der Waals surface area contributed by atoms with E-state index in [0.717, 1.165) is 0 Å². The lowest BCUT2D eigenvalue weighted by Gasteiger charge is -2.08. The summed E-state index contributed by atoms with van der Waals surface area (Å²) in [6.45, 7) is 0. The quantitative estimate of drug-likeness (QED) is 0.787. The van der Waals surface area contributed by atoms with Crippen LogP contribution in [0.4, 0.5) is 10.5 Å². The lowest BCUT2D eigenvalue weighted by molar-refractivity contribution is 0.0981. The molecule has 2 aromatic carbocycles. The highest BCUT2D eigenvalue weighted by molar-refractivity contribution is 7.90. The molecule has 7 nitrogen and oxygen atoms in total. The van der Waals surface area contributed by atoms with Crippen molar-refractivity contribution in [2.24, 2.45) is 5.73 Å². The van der Waals surface area contributed by atoms with Crippen molar-refractivity contribution >= 4 is 27.6 Å². The third-order valence-electron chi connectivity index (χ3n) is 2.67. The van der Waals surface area contributed by atoms with Gasteiger partial charge in [0.2, 0.25) is 0 Å². The molecule has 0 saturated carbocycles. The average molecular weight is 319 g/mol. The van der Waals surface area contributed by atoms with Gasteiger partial charge in [0.25, 0.3) is 15.9 Å². The lowest BCUT2D eigenvalue weighted by Crippen LogP contribution is -2.30. The Kier molecular flexibility index (Phi) is 4.42. The van der Waals surface area contributed by atoms with Crippen molar-refractivity contribution in [3.05, 3.63) is 60.2 Å². The van der Waals surface area contributed by atoms with Gasteiger partial charge in [-0.05, 0) is 30.3 Å². The summed E-state index contributed by atoms with van der Waals surface area (Å²) < 4.78 is 26.3. The molecule has 0 aliphatic heterocycles. The maximum absolute atomic E-state index is 12.2. The Hall–Kier alpha value is -2.87. The first-order valence-corrected chi connectivity index (χ1v) is 7.65. The zero-order valence-electron chi connectivity index (χ0n) is 11.3. The third kappa shape index (κ3) is 3.83. The number of urea groups is 1. The van der Waals surface area contributed by atoms with Crippen molar-refractivity contribution in [3.63, 3.8) is 0 Å². The van der Waals surface area contributed by atoms with E-state index in [1.807, 2.05) is 4.72 Å². The van der Waals surface area contributed by atoms with Gasteiger partial charge in [0.05, 0.1) is 4.90 Å². The fraction of sp³-hybridized carbons (Fsp3) is 0. The number of hydrogen-bond donors (Lipinski definition) is 3. The molecule has 3 amide bonds. The van der Waals surface area contributed by atoms with E-state index in [2.05, 4.69) is 5.32 Å². The van der Waals surface area contributed by atoms with Crippen molar-refractivity contribution in [2.45, 2.75) is 4.90 Å². The van der Waals surface area contributed by atoms with E-state index in [9.17, 15) is 18.0 Å². The summed E-state index contributed by atoms with van der Waals surface area (Å²) in [6.07, 6.45) is 0. The third-order valence-corrected chi connectivity index (χ3v) is 4.00. The van der Waals surface area contributed by atoms with Crippen molar-refractivity contribution in [1.29, 1.82) is 0 Å². The Bertz CT molecular complexity index is 804. The number of sulfonamides is 1. The largest absolute Gasteiger partial charge is 0.351 e. The van der Waals surface area contributed by atoms with Crippen LogP contribution in [-0.2, 0) is 10.0 Å². The first-order valence-electron chi connectivity index (χ1n) is 6.17. The molecular weight excluding hydrogens is 306 g/mol. The second kappa shape index (κ2) is 6.27. The maximum atomic E-state index is 12.2. The summed E-state index contributed by atoms with van der Waals surface area (Å²) in [5.74, 6) is -0.742. The van der Waals surface area contributed by atoms with Gasteiger partial charge in [-0.1, -0.05) is 24.3 Å². The van der Waals surface area contributed by atoms with E-state index < -0.39 is 22.0 Å². The highest BCUT2D eigenvalue weighted by Crippen LogP contribution is 2.15. The SMILES string of the molecule is NC(=O)Nc1cccc(S(=O)(=O)NC(=O)c2ccccc2)c1. The van der Waals surface area contributed by atoms with Gasteiger partial charge in [-0.2, -0.15) is 0 Å². The number of rotatable bonds is 4. The van der Waals surface area contributed by atoms with Gasteiger partial charge in [0.15, 0.2) is 0 Å². The number of nitrogens with two attached hydrogens (primary N) is 1. The molecule has 0 atom stereocenters. The normalized spacial score (nSPS) is 10.7. The Labute approximate surface area is 127 Å². The molecule has 2 aromatic rings. The summed E-state index contributed by atoms with van der Waals surface area (Å²) in [6, 6.07) is 12.5. The second-order valence-electron chi connectivity index (χ2n) is 4.32. The number of nitrogens with one attached hydrogen (secondary N) is 2. The first-order chi connectivity index (χ1) is 10.4. The molecule has 4 N–H and O–H groups in total. The molecule has 0 fully saturated rings. The highest BCUT2D eigenvalue weighted by Gasteiger charge is 2.19. The zero-order valence-corrected chi connectivity index (χ0v) is 12.1. The molecule has 22 heavy (non-hydrogen) atoms. The van der Waals surface area contributed by atoms with Crippen LogP contribution in [0.2, 0.25) is 0 Å². The van der Waals surface area contributed by atoms with Gasteiger partial charge in [-0.25, -0.2) is 17.9 Å². The van der Waals surface area contributed by atoms with Crippen molar-refractivity contribution in [1.82, 2.24) is 4.72 Å². The standard InChI is InChI=1S/C14H13N3O4S/c15-14(19)16-11-7-4-8-12(9-11)22(20,21)17-13(18)10-5-2-1-3-6-10/h1-9H,(H,17,18)(H3,15,16,19). The molecule has 2 rings (SSSR count). The summed E-state index contributed by atoms with van der Waals surface area (Å²) in [5.41, 5.74) is 5.40. The molecule has 0 unspecified atom stereocenters. The van der Waals surface area contributed by atoms with Gasteiger partial charge in [-0.3, -0.25) is 4.79 Å². The summed E-state index contributed by atoms with van der Waals surface area (Å²) in [5, 5.41) is 2.26. The van der Waals surface area contributed by atoms with Gasteiger partial charge in [0.1, 0.15) is 0 Å². The van der Waals surface area contributed by atoms with Crippen molar-refractivity contribution in [3.8, 4) is 0 Å². The van der Waals surface area contributed by atoms with Crippen LogP contribution in [0.5, 0.6) is 0 Å². The lowest BCUT2D eigenvalue weighted by atomic mass is 10.2. The number of primary amides is 1. The van der Waals surface area contributed by atoms with E-state index in [1.165, 1.54) is 36.4 Å². The van der Waals surface area contributed by atoms with Crippen molar-refractivity contribution < 1.29 is 18.0 Å². The highest BCUT2D eigenvalue weighted by atomic mass is 32.2. The predicted octanol–water partition coefficient (Wildman–Crippen LogP) is 1.30. The molecule has 114 valence electrons. The molecule has 8 heteroatoms. The minimum atomic E-state index is -4.06. The number of hydrogen-bond acceptors (Lipinski definition) is 4. The van der Waals surface area contributed by atoms with Gasteiger partial charge in [-0.15, -0.1) is 0 Å². The monoisotopic (exact) mass is 319 g/mol. The van der Waals surface area contributed by atoms with Crippen LogP contribution in [0.25, 0.3) is 0 Å². The Morgan fingerprint density at radius 2 is 1.64 bits per heavy atom. The Balaban J connectivity index is 2.23. The molecule has 0 bridgehead atoms. The summed E-state index contributed by atoms with van der Waals surface area (Å²) in [7, 11) is -4.06. The van der Waals surface area contributed by atoms with E-state index in [-0.39, 0.29) is 16.1 Å². The predicted molar refractivity (Wildman–Crippen MR) is 80.7 cm³/mol. The van der Waals surface area contributed by atoms with Gasteiger partial charge >= 0.3 is 6.03 Å². The van der Waals surface area contributed by atoms with Crippen LogP contribution in [0.1, 0.15) is 10.4 Å². The van der Waals surface area contributed by atoms with Crippen LogP contribution < -0.4 is 15.8 Å². The van der Waals surface area contributed by atoms with Crippen LogP contribution in [0.3, 0.4) is 0 Å².